The van der Waals surface area contributed by atoms with Gasteiger partial charge in [-0.05, 0) is 49.8 Å². The normalized spacial score (nSPS) is 23.2. The van der Waals surface area contributed by atoms with E-state index in [0.29, 0.717) is 5.76 Å². The van der Waals surface area contributed by atoms with Crippen LogP contribution in [0.5, 0.6) is 0 Å². The Hall–Kier alpha value is -0.980. The zero-order chi connectivity index (χ0) is 8.39. The van der Waals surface area contributed by atoms with E-state index in [1.807, 2.05) is 12.2 Å². The number of rotatable bonds is 0. The van der Waals surface area contributed by atoms with Gasteiger partial charge in [-0.1, -0.05) is 11.6 Å². The summed E-state index contributed by atoms with van der Waals surface area (Å²) in [6.07, 6.45) is 11.8. The van der Waals surface area contributed by atoms with Crippen molar-refractivity contribution in [3.05, 3.63) is 35.1 Å². The Labute approximate surface area is 73.1 Å². The number of allylic oxidation sites excluding steroid dienone is 5. The summed E-state index contributed by atoms with van der Waals surface area (Å²) in [6.45, 7) is 0. The predicted molar refractivity (Wildman–Crippen MR) is 50.0 cm³/mol. The van der Waals surface area contributed by atoms with Crippen molar-refractivity contribution in [3.63, 3.8) is 0 Å². The van der Waals surface area contributed by atoms with Crippen molar-refractivity contribution in [1.29, 1.82) is 0 Å². The molecule has 0 saturated heterocycles. The number of aliphatic hydroxyl groups is 1. The molecule has 0 aromatic heterocycles. The smallest absolute Gasteiger partial charge is 0.111 e. The topological polar surface area (TPSA) is 20.2 Å². The minimum absolute atomic E-state index is 0.421. The maximum atomic E-state index is 9.28. The van der Waals surface area contributed by atoms with E-state index < -0.39 is 0 Å². The molecule has 1 heteroatoms. The first-order valence-corrected chi connectivity index (χ1v) is 4.64. The lowest BCUT2D eigenvalue weighted by atomic mass is 9.90. The summed E-state index contributed by atoms with van der Waals surface area (Å²) in [5.41, 5.74) is 2.99. The number of hydrogen-bond donors (Lipinski definition) is 1. The van der Waals surface area contributed by atoms with Crippen LogP contribution >= 0.6 is 0 Å². The zero-order valence-electron chi connectivity index (χ0n) is 7.21. The fourth-order valence-electron chi connectivity index (χ4n) is 1.91. The quantitative estimate of drug-likeness (QED) is 0.579. The monoisotopic (exact) mass is 162 g/mol. The molecular formula is C11H14O. The summed E-state index contributed by atoms with van der Waals surface area (Å²) in [5, 5.41) is 9.28. The summed E-state index contributed by atoms with van der Waals surface area (Å²) in [7, 11) is 0. The van der Waals surface area contributed by atoms with Crippen LogP contribution in [0.2, 0.25) is 0 Å². The van der Waals surface area contributed by atoms with Crippen molar-refractivity contribution in [1.82, 2.24) is 0 Å². The second-order valence-corrected chi connectivity index (χ2v) is 3.50. The maximum Gasteiger partial charge on any atom is 0.111 e. The molecule has 1 nitrogen and oxygen atoms in total. The molecule has 0 spiro atoms. The summed E-state index contributed by atoms with van der Waals surface area (Å²) < 4.78 is 0. The van der Waals surface area contributed by atoms with Gasteiger partial charge >= 0.3 is 0 Å². The van der Waals surface area contributed by atoms with Crippen molar-refractivity contribution in [2.45, 2.75) is 32.1 Å². The first-order valence-electron chi connectivity index (χ1n) is 4.64. The Morgan fingerprint density at radius 2 is 1.92 bits per heavy atom. The molecule has 0 aromatic carbocycles. The van der Waals surface area contributed by atoms with Crippen LogP contribution in [0.1, 0.15) is 32.1 Å². The molecule has 1 N–H and O–H groups in total. The third-order valence-electron chi connectivity index (χ3n) is 2.64. The first kappa shape index (κ1) is 7.66. The Balaban J connectivity index is 2.26. The molecule has 12 heavy (non-hydrogen) atoms. The molecule has 0 saturated carbocycles. The summed E-state index contributed by atoms with van der Waals surface area (Å²) in [6, 6.07) is 0. The van der Waals surface area contributed by atoms with Crippen LogP contribution in [-0.2, 0) is 0 Å². The zero-order valence-corrected chi connectivity index (χ0v) is 7.21. The average molecular weight is 162 g/mol. The number of hydrogen-bond acceptors (Lipinski definition) is 1. The lowest BCUT2D eigenvalue weighted by Gasteiger charge is -2.15. The van der Waals surface area contributed by atoms with Gasteiger partial charge in [0, 0.05) is 0 Å². The summed E-state index contributed by atoms with van der Waals surface area (Å²) in [4.78, 5) is 0. The molecule has 0 amide bonds. The maximum absolute atomic E-state index is 9.28. The first-order chi connectivity index (χ1) is 5.86. The fourth-order valence-corrected chi connectivity index (χ4v) is 1.91. The van der Waals surface area contributed by atoms with E-state index in [1.54, 1.807) is 0 Å². The molecule has 0 radical (unpaired) electrons. The molecule has 0 unspecified atom stereocenters. The Kier molecular flexibility index (Phi) is 2.03. The highest BCUT2D eigenvalue weighted by Gasteiger charge is 2.11. The molecule has 0 bridgehead atoms. The standard InChI is InChI=1S/C11H14O/c12-11-7-5-9-3-1-2-4-10(9)6-8-11/h5,7-8,12H,1-4,6H2. The van der Waals surface area contributed by atoms with Crippen LogP contribution in [0.15, 0.2) is 35.1 Å². The second-order valence-electron chi connectivity index (χ2n) is 3.50. The fraction of sp³-hybridized carbons (Fsp3) is 0.455. The van der Waals surface area contributed by atoms with Crippen LogP contribution in [0, 0.1) is 0 Å². The Morgan fingerprint density at radius 1 is 1.08 bits per heavy atom. The summed E-state index contributed by atoms with van der Waals surface area (Å²) in [5.74, 6) is 0.421. The Morgan fingerprint density at radius 3 is 2.83 bits per heavy atom. The molecule has 64 valence electrons. The van der Waals surface area contributed by atoms with Crippen LogP contribution < -0.4 is 0 Å². The van der Waals surface area contributed by atoms with E-state index in [0.717, 1.165) is 6.42 Å². The van der Waals surface area contributed by atoms with Crippen LogP contribution in [0.3, 0.4) is 0 Å². The predicted octanol–water partition coefficient (Wildman–Crippen LogP) is 3.26. The van der Waals surface area contributed by atoms with Gasteiger partial charge in [0.25, 0.3) is 0 Å². The lowest BCUT2D eigenvalue weighted by Crippen LogP contribution is -1.96. The second kappa shape index (κ2) is 3.18. The summed E-state index contributed by atoms with van der Waals surface area (Å²) >= 11 is 0. The molecule has 2 aliphatic rings. The molecule has 0 fully saturated rings. The van der Waals surface area contributed by atoms with Crippen molar-refractivity contribution in [2.24, 2.45) is 0 Å². The van der Waals surface area contributed by atoms with Crippen LogP contribution in [-0.4, -0.2) is 5.11 Å². The average Bonchev–Trinajstić information content (AvgIpc) is 2.29. The number of aliphatic hydroxyl groups excluding tert-OH is 1. The molecule has 2 rings (SSSR count). The highest BCUT2D eigenvalue weighted by Crippen LogP contribution is 2.30. The van der Waals surface area contributed by atoms with Gasteiger partial charge in [0.1, 0.15) is 5.76 Å². The van der Waals surface area contributed by atoms with Crippen molar-refractivity contribution < 1.29 is 5.11 Å². The van der Waals surface area contributed by atoms with E-state index in [1.165, 1.54) is 36.8 Å². The minimum Gasteiger partial charge on any atom is -0.508 e. The molecular weight excluding hydrogens is 148 g/mol. The van der Waals surface area contributed by atoms with Gasteiger partial charge in [-0.15, -0.1) is 0 Å². The third-order valence-corrected chi connectivity index (χ3v) is 2.64. The highest BCUT2D eigenvalue weighted by molar-refractivity contribution is 5.35. The van der Waals surface area contributed by atoms with Crippen molar-refractivity contribution in [2.75, 3.05) is 0 Å². The molecule has 2 aliphatic carbocycles. The Bertz CT molecular complexity index is 269. The lowest BCUT2D eigenvalue weighted by molar-refractivity contribution is 0.430. The van der Waals surface area contributed by atoms with Gasteiger partial charge in [-0.25, -0.2) is 0 Å². The van der Waals surface area contributed by atoms with E-state index >= 15 is 0 Å². The van der Waals surface area contributed by atoms with Gasteiger partial charge in [-0.2, -0.15) is 0 Å². The molecule has 0 aromatic rings. The van der Waals surface area contributed by atoms with Crippen LogP contribution in [0.25, 0.3) is 0 Å². The highest BCUT2D eigenvalue weighted by atomic mass is 16.3. The van der Waals surface area contributed by atoms with E-state index in [2.05, 4.69) is 6.08 Å². The van der Waals surface area contributed by atoms with Crippen molar-refractivity contribution in [3.8, 4) is 0 Å². The third kappa shape index (κ3) is 1.45. The van der Waals surface area contributed by atoms with E-state index in [9.17, 15) is 5.11 Å². The van der Waals surface area contributed by atoms with Gasteiger partial charge in [0.2, 0.25) is 0 Å². The van der Waals surface area contributed by atoms with Gasteiger partial charge in [0.05, 0.1) is 0 Å². The minimum atomic E-state index is 0.421. The van der Waals surface area contributed by atoms with Gasteiger partial charge in [-0.3, -0.25) is 0 Å². The van der Waals surface area contributed by atoms with Gasteiger partial charge < -0.3 is 5.11 Å². The molecule has 0 aliphatic heterocycles. The van der Waals surface area contributed by atoms with E-state index in [-0.39, 0.29) is 0 Å². The SMILES string of the molecule is OC1=CCC2=C(C=C1)CCCC2. The van der Waals surface area contributed by atoms with E-state index in [4.69, 9.17) is 0 Å². The molecule has 0 atom stereocenters. The van der Waals surface area contributed by atoms with Crippen molar-refractivity contribution >= 4 is 0 Å². The molecule has 0 heterocycles. The van der Waals surface area contributed by atoms with Gasteiger partial charge in [0.15, 0.2) is 0 Å². The van der Waals surface area contributed by atoms with Crippen LogP contribution in [0.4, 0.5) is 0 Å². The largest absolute Gasteiger partial charge is 0.508 e.